The van der Waals surface area contributed by atoms with Gasteiger partial charge in [0.05, 0.1) is 5.69 Å². The molecule has 0 fully saturated rings. The summed E-state index contributed by atoms with van der Waals surface area (Å²) in [7, 11) is 0. The predicted molar refractivity (Wildman–Crippen MR) is 166 cm³/mol. The number of aromatic nitrogens is 1. The van der Waals surface area contributed by atoms with Crippen molar-refractivity contribution in [3.8, 4) is 0 Å². The number of rotatable bonds is 14. The second-order valence-corrected chi connectivity index (χ2v) is 11.7. The minimum Gasteiger partial charge on any atom is -1.00 e. The van der Waals surface area contributed by atoms with Crippen LogP contribution in [0, 0.1) is 0 Å². The molecule has 4 nitrogen and oxygen atoms in total. The summed E-state index contributed by atoms with van der Waals surface area (Å²) in [4.78, 5) is 7.13. The van der Waals surface area contributed by atoms with Crippen LogP contribution in [0.3, 0.4) is 0 Å². The first-order valence-electron chi connectivity index (χ1n) is 14.5. The smallest absolute Gasteiger partial charge is 0.0543 e. The molecular weight excluding hydrogens is 633 g/mol. The number of anilines is 2. The Morgan fingerprint density at radius 2 is 0.976 bits per heavy atom. The predicted octanol–water partition coefficient (Wildman–Crippen LogP) is 2.61. The third-order valence-corrected chi connectivity index (χ3v) is 7.32. The van der Waals surface area contributed by atoms with Crippen molar-refractivity contribution in [3.63, 3.8) is 0 Å². The molecule has 2 N–H and O–H groups in total. The van der Waals surface area contributed by atoms with E-state index in [0.717, 1.165) is 38.4 Å². The van der Waals surface area contributed by atoms with Crippen LogP contribution in [0.5, 0.6) is 0 Å². The molecule has 0 atom stereocenters. The zero-order chi connectivity index (χ0) is 27.7. The molecule has 1 radical (unpaired) electrons. The second-order valence-electron chi connectivity index (χ2n) is 11.7. The molecule has 0 aliphatic heterocycles. The van der Waals surface area contributed by atoms with Crippen LogP contribution in [0.4, 0.5) is 11.4 Å². The van der Waals surface area contributed by atoms with Gasteiger partial charge in [-0.1, -0.05) is 97.9 Å². The van der Waals surface area contributed by atoms with E-state index >= 15 is 0 Å². The summed E-state index contributed by atoms with van der Waals surface area (Å²) in [5.41, 5.74) is 9.37. The van der Waals surface area contributed by atoms with E-state index in [2.05, 4.69) is 124 Å². The van der Waals surface area contributed by atoms with Crippen LogP contribution in [0.2, 0.25) is 0 Å². The molecule has 3 aromatic rings. The zero-order valence-electron chi connectivity index (χ0n) is 26.1. The van der Waals surface area contributed by atoms with Crippen LogP contribution in [-0.2, 0) is 26.7 Å². The van der Waals surface area contributed by atoms with Crippen molar-refractivity contribution >= 4 is 11.4 Å². The Morgan fingerprint density at radius 1 is 0.585 bits per heavy atom. The number of nitrogens with zero attached hydrogens (tertiary/aromatic N) is 2. The average molecular weight is 684 g/mol. The van der Waals surface area contributed by atoms with E-state index in [0.29, 0.717) is 23.7 Å². The van der Waals surface area contributed by atoms with Crippen LogP contribution in [-0.4, -0.2) is 36.1 Å². The van der Waals surface area contributed by atoms with Crippen molar-refractivity contribution in [2.75, 3.05) is 36.8 Å². The Bertz CT molecular complexity index is 1010. The summed E-state index contributed by atoms with van der Waals surface area (Å²) in [6, 6.07) is 19.7. The molecule has 2 aromatic carbocycles. The maximum atomic E-state index is 4.62. The number of pyridine rings is 1. The molecule has 0 unspecified atom stereocenters. The minimum absolute atomic E-state index is 0. The van der Waals surface area contributed by atoms with Gasteiger partial charge in [-0.2, -0.15) is 0 Å². The largest absolute Gasteiger partial charge is 1.00 e. The third-order valence-electron chi connectivity index (χ3n) is 7.32. The molecule has 0 aliphatic rings. The van der Waals surface area contributed by atoms with Gasteiger partial charge in [-0.3, -0.25) is 9.88 Å². The monoisotopic (exact) mass is 681 g/mol. The molecular formula is C34H50Cl2N4Tc-2. The zero-order valence-corrected chi connectivity index (χ0v) is 29.5. The molecule has 41 heavy (non-hydrogen) atoms. The van der Waals surface area contributed by atoms with E-state index in [1.54, 1.807) is 0 Å². The van der Waals surface area contributed by atoms with Gasteiger partial charge >= 0.3 is 0 Å². The van der Waals surface area contributed by atoms with Crippen molar-refractivity contribution < 1.29 is 44.9 Å². The summed E-state index contributed by atoms with van der Waals surface area (Å²) < 4.78 is 0. The van der Waals surface area contributed by atoms with E-state index in [4.69, 9.17) is 0 Å². The molecule has 0 spiro atoms. The van der Waals surface area contributed by atoms with E-state index < -0.39 is 0 Å². The van der Waals surface area contributed by atoms with Gasteiger partial charge in [-0.05, 0) is 58.1 Å². The van der Waals surface area contributed by atoms with Crippen molar-refractivity contribution in [2.45, 2.75) is 85.6 Å². The first kappa shape index (κ1) is 39.4. The van der Waals surface area contributed by atoms with E-state index in [1.807, 2.05) is 12.3 Å². The number of benzene rings is 2. The molecule has 0 aliphatic carbocycles. The molecule has 0 bridgehead atoms. The van der Waals surface area contributed by atoms with Crippen molar-refractivity contribution in [2.24, 2.45) is 0 Å². The normalized spacial score (nSPS) is 11.0. The first-order chi connectivity index (χ1) is 18.2. The fourth-order valence-corrected chi connectivity index (χ4v) is 5.18. The topological polar surface area (TPSA) is 40.2 Å². The number of hydrogen-bond donors (Lipinski definition) is 2. The van der Waals surface area contributed by atoms with Crippen molar-refractivity contribution in [1.82, 2.24) is 9.88 Å². The van der Waals surface area contributed by atoms with E-state index in [9.17, 15) is 0 Å². The van der Waals surface area contributed by atoms with Gasteiger partial charge in [0.15, 0.2) is 0 Å². The Hall–Kier alpha value is -1.62. The van der Waals surface area contributed by atoms with E-state index in [1.165, 1.54) is 33.6 Å². The maximum absolute atomic E-state index is 4.62. The van der Waals surface area contributed by atoms with Crippen LogP contribution in [0.15, 0.2) is 60.8 Å². The van der Waals surface area contributed by atoms with Gasteiger partial charge in [-0.15, -0.1) is 0 Å². The van der Waals surface area contributed by atoms with Gasteiger partial charge in [0.25, 0.3) is 0 Å². The Morgan fingerprint density at radius 3 is 1.29 bits per heavy atom. The fourth-order valence-electron chi connectivity index (χ4n) is 5.18. The molecule has 1 aromatic heterocycles. The van der Waals surface area contributed by atoms with Crippen molar-refractivity contribution in [1.29, 1.82) is 0 Å². The molecule has 1 heterocycles. The quantitative estimate of drug-likeness (QED) is 0.275. The van der Waals surface area contributed by atoms with Crippen LogP contribution in [0.1, 0.15) is 107 Å². The standard InChI is InChI=1S/C34H50N4.2ClH.Tc/c1-24(2)29-14-11-15-30(25(3)4)33(29)36-19-21-38(23-28-13-9-10-18-35-28)22-20-37-34-31(26(5)6)16-12-17-32(34)27(7)8;;;/h9-18,24-27,36-37H,19-23H2,1-8H3;2*1H;/p-2. The number of para-hydroxylation sites is 2. The van der Waals surface area contributed by atoms with Gasteiger partial charge in [0.2, 0.25) is 0 Å². The summed E-state index contributed by atoms with van der Waals surface area (Å²) >= 11 is 0. The SMILES string of the molecule is CC(C)c1cccc(C(C)C)c1NCCN(CCNc1c(C(C)C)cccc1C(C)C)Cc1ccccn1.[Cl-].[Cl-].[Tc]. The molecule has 229 valence electrons. The first-order valence-corrected chi connectivity index (χ1v) is 14.5. The van der Waals surface area contributed by atoms with Crippen LogP contribution >= 0.6 is 0 Å². The maximum Gasteiger partial charge on any atom is 0.0543 e. The summed E-state index contributed by atoms with van der Waals surface area (Å²) in [6.45, 7) is 22.8. The van der Waals surface area contributed by atoms with E-state index in [-0.39, 0.29) is 44.9 Å². The number of halogens is 2. The van der Waals surface area contributed by atoms with Crippen LogP contribution in [0.25, 0.3) is 0 Å². The van der Waals surface area contributed by atoms with Gasteiger partial charge in [0.1, 0.15) is 0 Å². The van der Waals surface area contributed by atoms with Crippen LogP contribution < -0.4 is 35.4 Å². The Labute approximate surface area is 276 Å². The Balaban J connectivity index is 0.00000533. The molecule has 0 saturated carbocycles. The minimum atomic E-state index is 0. The Kier molecular flexibility index (Phi) is 18.8. The molecule has 0 saturated heterocycles. The molecule has 3 rings (SSSR count). The van der Waals surface area contributed by atoms with Gasteiger partial charge in [-0.25, -0.2) is 0 Å². The summed E-state index contributed by atoms with van der Waals surface area (Å²) in [6.07, 6.45) is 1.89. The summed E-state index contributed by atoms with van der Waals surface area (Å²) in [5.74, 6) is 1.95. The average Bonchev–Trinajstić information content (AvgIpc) is 2.88. The number of nitrogens with one attached hydrogen (secondary N) is 2. The second kappa shape index (κ2) is 19.5. The number of hydrogen-bond acceptors (Lipinski definition) is 4. The fraction of sp³-hybridized carbons (Fsp3) is 0.500. The van der Waals surface area contributed by atoms with Crippen molar-refractivity contribution in [3.05, 3.63) is 88.7 Å². The van der Waals surface area contributed by atoms with Gasteiger partial charge < -0.3 is 35.4 Å². The third kappa shape index (κ3) is 11.5. The summed E-state index contributed by atoms with van der Waals surface area (Å²) in [5, 5.41) is 7.67. The molecule has 0 amide bonds. The van der Waals surface area contributed by atoms with Gasteiger partial charge in [0, 0.05) is 70.4 Å². The molecule has 7 heteroatoms.